The lowest BCUT2D eigenvalue weighted by Gasteiger charge is -2.17. The van der Waals surface area contributed by atoms with Crippen molar-refractivity contribution in [1.82, 2.24) is 10.5 Å². The van der Waals surface area contributed by atoms with Crippen LogP contribution in [0.25, 0.3) is 0 Å². The maximum atomic E-state index is 12.8. The highest BCUT2D eigenvalue weighted by Gasteiger charge is 2.17. The van der Waals surface area contributed by atoms with Gasteiger partial charge in [0.15, 0.2) is 5.69 Å². The summed E-state index contributed by atoms with van der Waals surface area (Å²) in [4.78, 5) is 11.9. The van der Waals surface area contributed by atoms with Crippen LogP contribution in [0.4, 0.5) is 4.39 Å². The molecule has 1 amide bonds. The molecule has 0 fully saturated rings. The van der Waals surface area contributed by atoms with E-state index in [4.69, 9.17) is 4.52 Å². The lowest BCUT2D eigenvalue weighted by molar-refractivity contribution is 0.0908. The molecule has 0 radical (unpaired) electrons. The Morgan fingerprint density at radius 2 is 2.10 bits per heavy atom. The minimum atomic E-state index is -0.778. The Kier molecular flexibility index (Phi) is 4.70. The first-order chi connectivity index (χ1) is 9.95. The molecular weight excluding hydrogens is 275 g/mol. The quantitative estimate of drug-likeness (QED) is 0.887. The Bertz CT molecular complexity index is 610. The molecule has 2 aromatic rings. The second kappa shape index (κ2) is 6.49. The normalized spacial score (nSPS) is 13.7. The summed E-state index contributed by atoms with van der Waals surface area (Å²) in [6, 6.07) is 6.90. The molecule has 2 atom stereocenters. The van der Waals surface area contributed by atoms with E-state index < -0.39 is 6.10 Å². The van der Waals surface area contributed by atoms with Crippen molar-refractivity contribution < 1.29 is 18.8 Å². The Morgan fingerprint density at radius 1 is 1.43 bits per heavy atom. The predicted molar refractivity (Wildman–Crippen MR) is 74.1 cm³/mol. The minimum Gasteiger partial charge on any atom is -0.388 e. The van der Waals surface area contributed by atoms with E-state index in [-0.39, 0.29) is 23.5 Å². The first kappa shape index (κ1) is 15.2. The summed E-state index contributed by atoms with van der Waals surface area (Å²) in [6.45, 7) is 3.48. The fraction of sp³-hybridized carbons (Fsp3) is 0.333. The van der Waals surface area contributed by atoms with Gasteiger partial charge in [0.05, 0.1) is 6.10 Å². The molecule has 2 N–H and O–H groups in total. The molecular formula is C15H17FN2O3. The third-order valence-corrected chi connectivity index (χ3v) is 3.07. The molecule has 0 aliphatic carbocycles. The summed E-state index contributed by atoms with van der Waals surface area (Å²) in [5.74, 6) is -0.154. The zero-order valence-electron chi connectivity index (χ0n) is 11.8. The van der Waals surface area contributed by atoms with Gasteiger partial charge in [0.25, 0.3) is 5.91 Å². The molecule has 0 aliphatic rings. The van der Waals surface area contributed by atoms with E-state index in [1.807, 2.05) is 0 Å². The maximum Gasteiger partial charge on any atom is 0.273 e. The van der Waals surface area contributed by atoms with E-state index >= 15 is 0 Å². The molecule has 0 saturated carbocycles. The number of carbonyl (C=O) groups is 1. The third kappa shape index (κ3) is 4.13. The van der Waals surface area contributed by atoms with Gasteiger partial charge in [-0.1, -0.05) is 17.3 Å². The second-order valence-electron chi connectivity index (χ2n) is 5.00. The van der Waals surface area contributed by atoms with E-state index in [1.54, 1.807) is 19.9 Å². The monoisotopic (exact) mass is 292 g/mol. The van der Waals surface area contributed by atoms with Crippen LogP contribution in [0.1, 0.15) is 41.3 Å². The number of carbonyl (C=O) groups excluding carboxylic acids is 1. The summed E-state index contributed by atoms with van der Waals surface area (Å²) < 4.78 is 17.7. The third-order valence-electron chi connectivity index (χ3n) is 3.07. The van der Waals surface area contributed by atoms with Crippen LogP contribution in [-0.2, 0) is 0 Å². The number of nitrogens with zero attached hydrogens (tertiary/aromatic N) is 1. The van der Waals surface area contributed by atoms with Crippen molar-refractivity contribution >= 4 is 5.91 Å². The average Bonchev–Trinajstić information content (AvgIpc) is 2.86. The fourth-order valence-corrected chi connectivity index (χ4v) is 1.99. The number of aliphatic hydroxyl groups excluding tert-OH is 1. The van der Waals surface area contributed by atoms with Crippen LogP contribution in [0.15, 0.2) is 34.9 Å². The van der Waals surface area contributed by atoms with Gasteiger partial charge < -0.3 is 14.9 Å². The van der Waals surface area contributed by atoms with Gasteiger partial charge in [-0.25, -0.2) is 4.39 Å². The van der Waals surface area contributed by atoms with E-state index in [1.165, 1.54) is 24.3 Å². The largest absolute Gasteiger partial charge is 0.388 e. The number of rotatable bonds is 5. The molecule has 0 spiro atoms. The number of aliphatic hydroxyl groups is 1. The van der Waals surface area contributed by atoms with Gasteiger partial charge in [0.2, 0.25) is 0 Å². The predicted octanol–water partition coefficient (Wildman–Crippen LogP) is 2.36. The Morgan fingerprint density at radius 3 is 2.67 bits per heavy atom. The van der Waals surface area contributed by atoms with Crippen LogP contribution in [-0.4, -0.2) is 22.2 Å². The van der Waals surface area contributed by atoms with Crippen molar-refractivity contribution in [2.45, 2.75) is 32.4 Å². The van der Waals surface area contributed by atoms with Crippen molar-refractivity contribution in [3.8, 4) is 0 Å². The number of benzene rings is 1. The van der Waals surface area contributed by atoms with Crippen molar-refractivity contribution in [1.29, 1.82) is 0 Å². The molecule has 0 bridgehead atoms. The van der Waals surface area contributed by atoms with Crippen LogP contribution < -0.4 is 5.32 Å². The number of hydrogen-bond acceptors (Lipinski definition) is 4. The highest BCUT2D eigenvalue weighted by molar-refractivity contribution is 5.92. The van der Waals surface area contributed by atoms with Crippen LogP contribution in [0.3, 0.4) is 0 Å². The zero-order valence-corrected chi connectivity index (χ0v) is 11.8. The zero-order chi connectivity index (χ0) is 15.4. The number of aromatic nitrogens is 1. The van der Waals surface area contributed by atoms with Crippen LogP contribution in [0.2, 0.25) is 0 Å². The lowest BCUT2D eigenvalue weighted by atomic mass is 10.0. The summed E-state index contributed by atoms with van der Waals surface area (Å²) in [7, 11) is 0. The fourth-order valence-electron chi connectivity index (χ4n) is 1.99. The summed E-state index contributed by atoms with van der Waals surface area (Å²) >= 11 is 0. The van der Waals surface area contributed by atoms with Gasteiger partial charge in [0, 0.05) is 12.1 Å². The SMILES string of the molecule is Cc1cc(C(=O)NC(C)CC(O)c2ccc(F)cc2)no1. The first-order valence-corrected chi connectivity index (χ1v) is 6.63. The molecule has 0 saturated heterocycles. The molecule has 1 aromatic heterocycles. The second-order valence-corrected chi connectivity index (χ2v) is 5.00. The lowest BCUT2D eigenvalue weighted by Crippen LogP contribution is -2.33. The molecule has 1 aromatic carbocycles. The van der Waals surface area contributed by atoms with Gasteiger partial charge in [-0.2, -0.15) is 0 Å². The van der Waals surface area contributed by atoms with Gasteiger partial charge in [-0.15, -0.1) is 0 Å². The molecule has 1 heterocycles. The van der Waals surface area contributed by atoms with E-state index in [9.17, 15) is 14.3 Å². The van der Waals surface area contributed by atoms with Crippen LogP contribution in [0, 0.1) is 12.7 Å². The Balaban J connectivity index is 1.90. The number of nitrogens with one attached hydrogen (secondary N) is 1. The molecule has 6 heteroatoms. The van der Waals surface area contributed by atoms with Gasteiger partial charge in [-0.05, 0) is 38.0 Å². The van der Waals surface area contributed by atoms with Crippen molar-refractivity contribution in [3.63, 3.8) is 0 Å². The van der Waals surface area contributed by atoms with Crippen LogP contribution in [0.5, 0.6) is 0 Å². The van der Waals surface area contributed by atoms with Crippen LogP contribution >= 0.6 is 0 Å². The van der Waals surface area contributed by atoms with Gasteiger partial charge >= 0.3 is 0 Å². The Labute approximate surface area is 121 Å². The van der Waals surface area contributed by atoms with E-state index in [0.717, 1.165) is 0 Å². The molecule has 0 aliphatic heterocycles. The molecule has 2 unspecified atom stereocenters. The minimum absolute atomic E-state index is 0.204. The van der Waals surface area contributed by atoms with E-state index in [0.29, 0.717) is 17.7 Å². The number of halogens is 1. The maximum absolute atomic E-state index is 12.8. The van der Waals surface area contributed by atoms with Crippen molar-refractivity contribution in [2.24, 2.45) is 0 Å². The topological polar surface area (TPSA) is 75.4 Å². The number of aryl methyl sites for hydroxylation is 1. The smallest absolute Gasteiger partial charge is 0.273 e. The highest BCUT2D eigenvalue weighted by Crippen LogP contribution is 2.18. The summed E-state index contributed by atoms with van der Waals surface area (Å²) in [6.07, 6.45) is -0.464. The van der Waals surface area contributed by atoms with Crippen molar-refractivity contribution in [3.05, 3.63) is 53.2 Å². The van der Waals surface area contributed by atoms with Gasteiger partial charge in [0.1, 0.15) is 11.6 Å². The highest BCUT2D eigenvalue weighted by atomic mass is 19.1. The van der Waals surface area contributed by atoms with E-state index in [2.05, 4.69) is 10.5 Å². The number of amides is 1. The first-order valence-electron chi connectivity index (χ1n) is 6.63. The molecule has 112 valence electrons. The van der Waals surface area contributed by atoms with Crippen molar-refractivity contribution in [2.75, 3.05) is 0 Å². The number of hydrogen-bond donors (Lipinski definition) is 2. The van der Waals surface area contributed by atoms with Gasteiger partial charge in [-0.3, -0.25) is 4.79 Å². The summed E-state index contributed by atoms with van der Waals surface area (Å²) in [5, 5.41) is 16.4. The standard InChI is InChI=1S/C15H17FN2O3/c1-9(17-15(20)13-8-10(2)21-18-13)7-14(19)11-3-5-12(16)6-4-11/h3-6,8-9,14,19H,7H2,1-2H3,(H,17,20). The summed E-state index contributed by atoms with van der Waals surface area (Å²) in [5.41, 5.74) is 0.811. The molecule has 5 nitrogen and oxygen atoms in total. The average molecular weight is 292 g/mol. The molecule has 21 heavy (non-hydrogen) atoms. The molecule has 2 rings (SSSR count). The Hall–Kier alpha value is -2.21.